The zero-order valence-electron chi connectivity index (χ0n) is 13.0. The molecule has 124 valence electrons. The Morgan fingerprint density at radius 2 is 1.88 bits per heavy atom. The molecule has 7 heteroatoms. The van der Waals surface area contributed by atoms with Gasteiger partial charge in [-0.1, -0.05) is 12.1 Å². The standard InChI is InChI=1S/C17H14F2N2O3/c1-9-6-7-14-20-10(2)15(17(22)23)21(14)16(9)24-8-11-12(18)4-3-5-13(11)19/h3-7H,8H2,1-2H3,(H,22,23). The molecule has 0 aliphatic heterocycles. The van der Waals surface area contributed by atoms with E-state index in [0.717, 1.165) is 12.1 Å². The Morgan fingerprint density at radius 1 is 1.21 bits per heavy atom. The van der Waals surface area contributed by atoms with Gasteiger partial charge in [0.25, 0.3) is 0 Å². The third-order valence-corrected chi connectivity index (χ3v) is 3.72. The molecule has 0 unspecified atom stereocenters. The number of imidazole rings is 1. The molecule has 0 spiro atoms. The predicted molar refractivity (Wildman–Crippen MR) is 82.3 cm³/mol. The number of carboxylic acid groups (broad SMARTS) is 1. The summed E-state index contributed by atoms with van der Waals surface area (Å²) in [5.74, 6) is -2.42. The molecular formula is C17H14F2N2O3. The second-order valence-electron chi connectivity index (χ2n) is 5.35. The monoisotopic (exact) mass is 332 g/mol. The van der Waals surface area contributed by atoms with Crippen LogP contribution in [0.4, 0.5) is 8.78 Å². The summed E-state index contributed by atoms with van der Waals surface area (Å²) in [5, 5.41) is 9.40. The van der Waals surface area contributed by atoms with Gasteiger partial charge in [-0.2, -0.15) is 0 Å². The number of aryl methyl sites for hydroxylation is 2. The first kappa shape index (κ1) is 15.9. The quantitative estimate of drug-likeness (QED) is 0.794. The highest BCUT2D eigenvalue weighted by atomic mass is 19.1. The molecule has 0 fully saturated rings. The van der Waals surface area contributed by atoms with Crippen LogP contribution in [-0.2, 0) is 6.61 Å². The van der Waals surface area contributed by atoms with Crippen molar-refractivity contribution in [3.63, 3.8) is 0 Å². The second-order valence-corrected chi connectivity index (χ2v) is 5.35. The van der Waals surface area contributed by atoms with E-state index in [1.165, 1.54) is 10.5 Å². The minimum absolute atomic E-state index is 0.0438. The number of aromatic nitrogens is 2. The Labute approximate surface area is 136 Å². The lowest BCUT2D eigenvalue weighted by Crippen LogP contribution is -2.10. The van der Waals surface area contributed by atoms with Gasteiger partial charge in [0.1, 0.15) is 23.9 Å². The highest BCUT2D eigenvalue weighted by Gasteiger charge is 2.20. The molecule has 0 saturated carbocycles. The van der Waals surface area contributed by atoms with Crippen molar-refractivity contribution < 1.29 is 23.4 Å². The van der Waals surface area contributed by atoms with E-state index in [4.69, 9.17) is 4.74 Å². The first-order valence-electron chi connectivity index (χ1n) is 7.17. The molecule has 3 rings (SSSR count). The molecule has 0 aliphatic carbocycles. The van der Waals surface area contributed by atoms with Gasteiger partial charge in [-0.05, 0) is 32.0 Å². The largest absolute Gasteiger partial charge is 0.477 e. The highest BCUT2D eigenvalue weighted by molar-refractivity contribution is 5.88. The highest BCUT2D eigenvalue weighted by Crippen LogP contribution is 2.26. The molecule has 0 bridgehead atoms. The molecular weight excluding hydrogens is 318 g/mol. The summed E-state index contributed by atoms with van der Waals surface area (Å²) < 4.78 is 34.4. The van der Waals surface area contributed by atoms with Crippen LogP contribution in [0.2, 0.25) is 0 Å². The van der Waals surface area contributed by atoms with Gasteiger partial charge in [-0.15, -0.1) is 0 Å². The zero-order chi connectivity index (χ0) is 17.4. The molecule has 5 nitrogen and oxygen atoms in total. The number of ether oxygens (including phenoxy) is 1. The Bertz CT molecular complexity index is 930. The van der Waals surface area contributed by atoms with Crippen LogP contribution in [-0.4, -0.2) is 20.5 Å². The molecule has 0 atom stereocenters. The Morgan fingerprint density at radius 3 is 2.50 bits per heavy atom. The van der Waals surface area contributed by atoms with E-state index in [-0.39, 0.29) is 23.7 Å². The lowest BCUT2D eigenvalue weighted by atomic mass is 10.2. The molecule has 0 amide bonds. The number of fused-ring (bicyclic) bond motifs is 1. The van der Waals surface area contributed by atoms with Crippen LogP contribution in [0.15, 0.2) is 30.3 Å². The summed E-state index contributed by atoms with van der Waals surface area (Å²) in [7, 11) is 0. The normalized spacial score (nSPS) is 11.0. The smallest absolute Gasteiger partial charge is 0.354 e. The molecule has 0 aliphatic rings. The average molecular weight is 332 g/mol. The van der Waals surface area contributed by atoms with Crippen molar-refractivity contribution in [2.24, 2.45) is 0 Å². The first-order valence-corrected chi connectivity index (χ1v) is 7.17. The Balaban J connectivity index is 2.09. The number of carbonyl (C=O) groups is 1. The molecule has 0 saturated heterocycles. The van der Waals surface area contributed by atoms with Crippen LogP contribution < -0.4 is 4.74 Å². The van der Waals surface area contributed by atoms with Gasteiger partial charge in [-0.3, -0.25) is 4.40 Å². The number of benzene rings is 1. The van der Waals surface area contributed by atoms with Crippen molar-refractivity contribution >= 4 is 11.6 Å². The summed E-state index contributed by atoms with van der Waals surface area (Å²) in [6.45, 7) is 2.92. The van der Waals surface area contributed by atoms with Crippen LogP contribution in [0.25, 0.3) is 5.65 Å². The number of hydrogen-bond acceptors (Lipinski definition) is 3. The number of pyridine rings is 1. The number of nitrogens with zero attached hydrogens (tertiary/aromatic N) is 2. The van der Waals surface area contributed by atoms with Crippen molar-refractivity contribution in [3.05, 3.63) is 64.5 Å². The third-order valence-electron chi connectivity index (χ3n) is 3.72. The van der Waals surface area contributed by atoms with E-state index in [1.807, 2.05) is 0 Å². The summed E-state index contributed by atoms with van der Waals surface area (Å²) in [6.07, 6.45) is 0. The minimum atomic E-state index is -1.16. The van der Waals surface area contributed by atoms with Crippen molar-refractivity contribution in [2.45, 2.75) is 20.5 Å². The average Bonchev–Trinajstić information content (AvgIpc) is 2.85. The Kier molecular flexibility index (Phi) is 3.92. The first-order chi connectivity index (χ1) is 11.4. The van der Waals surface area contributed by atoms with Gasteiger partial charge in [0.15, 0.2) is 5.69 Å². The van der Waals surface area contributed by atoms with E-state index in [2.05, 4.69) is 4.98 Å². The maximum atomic E-state index is 13.7. The summed E-state index contributed by atoms with van der Waals surface area (Å²) in [4.78, 5) is 15.7. The summed E-state index contributed by atoms with van der Waals surface area (Å²) in [6, 6.07) is 6.91. The third kappa shape index (κ3) is 2.58. The fraction of sp³-hybridized carbons (Fsp3) is 0.176. The minimum Gasteiger partial charge on any atom is -0.477 e. The fourth-order valence-electron chi connectivity index (χ4n) is 2.56. The maximum absolute atomic E-state index is 13.7. The van der Waals surface area contributed by atoms with Gasteiger partial charge < -0.3 is 9.84 Å². The van der Waals surface area contributed by atoms with Crippen LogP contribution in [0.3, 0.4) is 0 Å². The number of aromatic carboxylic acids is 1. The van der Waals surface area contributed by atoms with Crippen LogP contribution in [0.1, 0.15) is 27.3 Å². The van der Waals surface area contributed by atoms with Crippen molar-refractivity contribution in [1.29, 1.82) is 0 Å². The van der Waals surface area contributed by atoms with E-state index in [9.17, 15) is 18.7 Å². The summed E-state index contributed by atoms with van der Waals surface area (Å²) in [5.41, 5.74) is 1.08. The molecule has 0 radical (unpaired) electrons. The van der Waals surface area contributed by atoms with Gasteiger partial charge >= 0.3 is 5.97 Å². The molecule has 2 heterocycles. The van der Waals surface area contributed by atoms with Gasteiger partial charge in [0, 0.05) is 5.56 Å². The lowest BCUT2D eigenvalue weighted by molar-refractivity contribution is 0.0687. The molecule has 2 aromatic heterocycles. The van der Waals surface area contributed by atoms with Crippen LogP contribution in [0.5, 0.6) is 5.88 Å². The van der Waals surface area contributed by atoms with E-state index >= 15 is 0 Å². The van der Waals surface area contributed by atoms with Gasteiger partial charge in [0.2, 0.25) is 5.88 Å². The van der Waals surface area contributed by atoms with Crippen molar-refractivity contribution in [1.82, 2.24) is 9.38 Å². The second kappa shape index (κ2) is 5.92. The van der Waals surface area contributed by atoms with Gasteiger partial charge in [0.05, 0.1) is 11.3 Å². The Hall–Kier alpha value is -2.96. The van der Waals surface area contributed by atoms with E-state index in [0.29, 0.717) is 16.9 Å². The number of hydrogen-bond donors (Lipinski definition) is 1. The fourth-order valence-corrected chi connectivity index (χ4v) is 2.56. The maximum Gasteiger partial charge on any atom is 0.354 e. The molecule has 3 aromatic rings. The van der Waals surface area contributed by atoms with Crippen LogP contribution >= 0.6 is 0 Å². The SMILES string of the molecule is Cc1ccc2nc(C)c(C(=O)O)n2c1OCc1c(F)cccc1F. The predicted octanol–water partition coefficient (Wildman–Crippen LogP) is 3.51. The van der Waals surface area contributed by atoms with Crippen LogP contribution in [0, 0.1) is 25.5 Å². The molecule has 1 N–H and O–H groups in total. The summed E-state index contributed by atoms with van der Waals surface area (Å²) >= 11 is 0. The van der Waals surface area contributed by atoms with Crippen molar-refractivity contribution in [2.75, 3.05) is 0 Å². The van der Waals surface area contributed by atoms with Crippen molar-refractivity contribution in [3.8, 4) is 5.88 Å². The number of rotatable bonds is 4. The topological polar surface area (TPSA) is 63.8 Å². The lowest BCUT2D eigenvalue weighted by Gasteiger charge is -2.13. The van der Waals surface area contributed by atoms with E-state index < -0.39 is 17.6 Å². The molecule has 1 aromatic carbocycles. The van der Waals surface area contributed by atoms with E-state index in [1.54, 1.807) is 26.0 Å². The van der Waals surface area contributed by atoms with Gasteiger partial charge in [-0.25, -0.2) is 18.6 Å². The molecule has 24 heavy (non-hydrogen) atoms. The number of halogens is 2. The number of carboxylic acids is 1. The zero-order valence-corrected chi connectivity index (χ0v) is 13.0.